The van der Waals surface area contributed by atoms with E-state index in [2.05, 4.69) is 15.0 Å². The van der Waals surface area contributed by atoms with Crippen LogP contribution >= 0.6 is 11.8 Å². The Morgan fingerprint density at radius 1 is 0.962 bits per heavy atom. The number of aromatic nitrogens is 2. The van der Waals surface area contributed by atoms with Crippen molar-refractivity contribution in [3.63, 3.8) is 0 Å². The molecule has 1 aromatic carbocycles. The third-order valence-electron chi connectivity index (χ3n) is 3.66. The second-order valence-electron chi connectivity index (χ2n) is 5.46. The Hall–Kier alpha value is -3.25. The second-order valence-corrected chi connectivity index (χ2v) is 6.46. The van der Waals surface area contributed by atoms with Crippen molar-refractivity contribution >= 4 is 40.4 Å². The molecule has 0 radical (unpaired) electrons. The van der Waals surface area contributed by atoms with Crippen LogP contribution < -0.4 is 4.90 Å². The van der Waals surface area contributed by atoms with Crippen LogP contribution in [0, 0.1) is 0 Å². The average Bonchev–Trinajstić information content (AvgIpc) is 2.99. The number of hydrogen-bond donors (Lipinski definition) is 0. The van der Waals surface area contributed by atoms with E-state index in [4.69, 9.17) is 0 Å². The summed E-state index contributed by atoms with van der Waals surface area (Å²) in [5.41, 5.74) is 1.64. The lowest BCUT2D eigenvalue weighted by Gasteiger charge is -2.15. The molecule has 6 heteroatoms. The fourth-order valence-electron chi connectivity index (χ4n) is 2.48. The summed E-state index contributed by atoms with van der Waals surface area (Å²) in [6.45, 7) is 0. The van der Waals surface area contributed by atoms with Crippen LogP contribution in [0.3, 0.4) is 0 Å². The summed E-state index contributed by atoms with van der Waals surface area (Å²) >= 11 is 1.33. The zero-order valence-electron chi connectivity index (χ0n) is 13.7. The molecule has 1 amide bonds. The Labute approximate surface area is 155 Å². The molecular formula is C20H14N4OS. The number of amides is 1. The van der Waals surface area contributed by atoms with Crippen LogP contribution in [0.4, 0.5) is 11.5 Å². The minimum absolute atomic E-state index is 0.111. The van der Waals surface area contributed by atoms with Gasteiger partial charge >= 0.3 is 0 Å². The molecule has 0 atom stereocenters. The minimum Gasteiger partial charge on any atom is -0.268 e. The topological polar surface area (TPSA) is 58.5 Å². The summed E-state index contributed by atoms with van der Waals surface area (Å²) < 4.78 is 0. The monoisotopic (exact) mass is 358 g/mol. The Bertz CT molecular complexity index is 972. The number of anilines is 1. The molecule has 126 valence electrons. The van der Waals surface area contributed by atoms with Gasteiger partial charge in [-0.25, -0.2) is 9.98 Å². The second kappa shape index (κ2) is 7.33. The van der Waals surface area contributed by atoms with E-state index in [9.17, 15) is 4.79 Å². The predicted molar refractivity (Wildman–Crippen MR) is 105 cm³/mol. The zero-order chi connectivity index (χ0) is 17.8. The molecule has 3 heterocycles. The number of carbonyl (C=O) groups excluding carboxylic acids is 1. The van der Waals surface area contributed by atoms with Crippen LogP contribution in [-0.2, 0) is 4.79 Å². The molecule has 5 nitrogen and oxygen atoms in total. The summed E-state index contributed by atoms with van der Waals surface area (Å²) in [6.07, 6.45) is 6.94. The number of rotatable bonds is 3. The van der Waals surface area contributed by atoms with Gasteiger partial charge in [0, 0.05) is 18.6 Å². The van der Waals surface area contributed by atoms with E-state index < -0.39 is 0 Å². The van der Waals surface area contributed by atoms with E-state index in [1.165, 1.54) is 11.8 Å². The molecule has 0 spiro atoms. The summed E-state index contributed by atoms with van der Waals surface area (Å²) in [5, 5.41) is 0.579. The Morgan fingerprint density at radius 3 is 2.54 bits per heavy atom. The standard InChI is InChI=1S/C20H14N4OS/c25-19-17(13-15-7-6-11-21-14-15)26-20(23-18-10-4-5-12-22-18)24(19)16-8-2-1-3-9-16/h1-14H/b17-13-,23-20+. The Morgan fingerprint density at radius 2 is 1.81 bits per heavy atom. The lowest BCUT2D eigenvalue weighted by atomic mass is 10.2. The fourth-order valence-corrected chi connectivity index (χ4v) is 3.47. The van der Waals surface area contributed by atoms with Gasteiger partial charge in [-0.3, -0.25) is 14.7 Å². The molecule has 0 N–H and O–H groups in total. The van der Waals surface area contributed by atoms with Crippen molar-refractivity contribution < 1.29 is 4.79 Å². The lowest BCUT2D eigenvalue weighted by molar-refractivity contribution is -0.113. The molecule has 0 saturated carbocycles. The van der Waals surface area contributed by atoms with Gasteiger partial charge in [0.1, 0.15) is 0 Å². The number of amidine groups is 1. The van der Waals surface area contributed by atoms with Crippen molar-refractivity contribution in [3.8, 4) is 0 Å². The van der Waals surface area contributed by atoms with Gasteiger partial charge in [0.15, 0.2) is 11.0 Å². The number of nitrogens with zero attached hydrogens (tertiary/aromatic N) is 4. The number of thioether (sulfide) groups is 1. The third kappa shape index (κ3) is 3.41. The molecule has 3 aromatic rings. The molecule has 0 unspecified atom stereocenters. The smallest absolute Gasteiger partial charge is 0.268 e. The number of benzene rings is 1. The molecule has 1 fully saturated rings. The van der Waals surface area contributed by atoms with Crippen molar-refractivity contribution in [3.05, 3.63) is 89.7 Å². The quantitative estimate of drug-likeness (QED) is 0.656. The van der Waals surface area contributed by atoms with Crippen LogP contribution in [0.1, 0.15) is 5.56 Å². The van der Waals surface area contributed by atoms with E-state index in [0.29, 0.717) is 15.9 Å². The first-order chi connectivity index (χ1) is 12.8. The van der Waals surface area contributed by atoms with Crippen LogP contribution in [-0.4, -0.2) is 21.0 Å². The molecule has 26 heavy (non-hydrogen) atoms. The zero-order valence-corrected chi connectivity index (χ0v) is 14.5. The van der Waals surface area contributed by atoms with E-state index in [1.807, 2.05) is 66.7 Å². The first-order valence-corrected chi connectivity index (χ1v) is 8.82. The maximum absolute atomic E-state index is 13.0. The highest BCUT2D eigenvalue weighted by atomic mass is 32.2. The molecule has 0 aliphatic carbocycles. The summed E-state index contributed by atoms with van der Waals surface area (Å²) in [7, 11) is 0. The summed E-state index contributed by atoms with van der Waals surface area (Å²) in [4.78, 5) is 28.1. The summed E-state index contributed by atoms with van der Waals surface area (Å²) in [6, 6.07) is 18.8. The number of para-hydroxylation sites is 1. The molecular weight excluding hydrogens is 344 g/mol. The van der Waals surface area contributed by atoms with Crippen molar-refractivity contribution in [2.75, 3.05) is 4.90 Å². The number of pyridine rings is 2. The average molecular weight is 358 g/mol. The van der Waals surface area contributed by atoms with Gasteiger partial charge in [0.05, 0.1) is 10.6 Å². The van der Waals surface area contributed by atoms with Crippen LogP contribution in [0.5, 0.6) is 0 Å². The number of hydrogen-bond acceptors (Lipinski definition) is 5. The molecule has 1 aliphatic heterocycles. The molecule has 0 bridgehead atoms. The van der Waals surface area contributed by atoms with Crippen molar-refractivity contribution in [1.82, 2.24) is 9.97 Å². The van der Waals surface area contributed by atoms with Gasteiger partial charge in [0.2, 0.25) is 0 Å². The van der Waals surface area contributed by atoms with Crippen LogP contribution in [0.2, 0.25) is 0 Å². The molecule has 1 aliphatic rings. The van der Waals surface area contributed by atoms with Crippen molar-refractivity contribution in [2.45, 2.75) is 0 Å². The van der Waals surface area contributed by atoms with Crippen LogP contribution in [0.25, 0.3) is 6.08 Å². The normalized spacial score (nSPS) is 17.2. The SMILES string of the molecule is O=C1/C(=C/c2cccnc2)S/C(=N/c2ccccn2)N1c1ccccc1. The Balaban J connectivity index is 1.77. The summed E-state index contributed by atoms with van der Waals surface area (Å²) in [5.74, 6) is 0.450. The highest BCUT2D eigenvalue weighted by Crippen LogP contribution is 2.36. The minimum atomic E-state index is -0.111. The Kier molecular flexibility index (Phi) is 4.57. The first-order valence-electron chi connectivity index (χ1n) is 8.00. The fraction of sp³-hybridized carbons (Fsp3) is 0. The van der Waals surface area contributed by atoms with E-state index in [1.54, 1.807) is 23.5 Å². The third-order valence-corrected chi connectivity index (χ3v) is 4.63. The van der Waals surface area contributed by atoms with Gasteiger partial charge in [-0.2, -0.15) is 0 Å². The first kappa shape index (κ1) is 16.2. The highest BCUT2D eigenvalue weighted by Gasteiger charge is 2.34. The molecule has 1 saturated heterocycles. The number of carbonyl (C=O) groups is 1. The highest BCUT2D eigenvalue weighted by molar-refractivity contribution is 8.19. The van der Waals surface area contributed by atoms with Gasteiger partial charge in [-0.05, 0) is 53.7 Å². The maximum atomic E-state index is 13.0. The molecule has 4 rings (SSSR count). The van der Waals surface area contributed by atoms with Gasteiger partial charge in [-0.15, -0.1) is 0 Å². The van der Waals surface area contributed by atoms with Crippen molar-refractivity contribution in [1.29, 1.82) is 0 Å². The largest absolute Gasteiger partial charge is 0.271 e. The van der Waals surface area contributed by atoms with E-state index in [0.717, 1.165) is 11.3 Å². The van der Waals surface area contributed by atoms with Gasteiger partial charge in [0.25, 0.3) is 5.91 Å². The lowest BCUT2D eigenvalue weighted by Crippen LogP contribution is -2.28. The van der Waals surface area contributed by atoms with Gasteiger partial charge in [-0.1, -0.05) is 30.3 Å². The van der Waals surface area contributed by atoms with E-state index in [-0.39, 0.29) is 5.91 Å². The van der Waals surface area contributed by atoms with Crippen molar-refractivity contribution in [2.24, 2.45) is 4.99 Å². The van der Waals surface area contributed by atoms with Crippen LogP contribution in [0.15, 0.2) is 89.2 Å². The van der Waals surface area contributed by atoms with Gasteiger partial charge < -0.3 is 0 Å². The molecule has 2 aromatic heterocycles. The predicted octanol–water partition coefficient (Wildman–Crippen LogP) is 4.29. The van der Waals surface area contributed by atoms with E-state index >= 15 is 0 Å². The maximum Gasteiger partial charge on any atom is 0.271 e. The number of aliphatic imine (C=N–C) groups is 1.